The van der Waals surface area contributed by atoms with Gasteiger partial charge in [-0.3, -0.25) is 0 Å². The van der Waals surface area contributed by atoms with Gasteiger partial charge in [0, 0.05) is 41.8 Å². The van der Waals surface area contributed by atoms with Crippen molar-refractivity contribution in [3.63, 3.8) is 0 Å². The number of aryl methyl sites for hydroxylation is 1. The molecule has 1 aliphatic heterocycles. The van der Waals surface area contributed by atoms with Crippen LogP contribution in [0.1, 0.15) is 5.56 Å². The van der Waals surface area contributed by atoms with Crippen molar-refractivity contribution >= 4 is 35.0 Å². The molecule has 3 heterocycles. The molecule has 0 saturated carbocycles. The van der Waals surface area contributed by atoms with Crippen LogP contribution in [-0.2, 0) is 28.9 Å². The van der Waals surface area contributed by atoms with Crippen molar-refractivity contribution in [2.75, 3.05) is 19.5 Å². The van der Waals surface area contributed by atoms with Gasteiger partial charge < -0.3 is 33.8 Å². The van der Waals surface area contributed by atoms with Crippen LogP contribution in [0.3, 0.4) is 0 Å². The van der Waals surface area contributed by atoms with Crippen LogP contribution in [0.2, 0.25) is 10.0 Å². The standard InChI is InChI=1S/C25H24Cl2N4O3S.2HNO3/c1-30-12-22(29-24(30)35-2)19-5-3-4-6-23(19)32-13-18-14-33-25(34-18,15-31-10-9-28-16-31)20-8-7-17(26)11-21(20)27;2*2-1(3)4/h3-12,16,18H,13-15H2,1-2H3;2*(H,2,3,4). The minimum atomic E-state index is -1.50. The number of benzene rings is 2. The molecule has 2 N–H and O–H groups in total. The van der Waals surface area contributed by atoms with Gasteiger partial charge in [0.05, 0.1) is 30.2 Å². The summed E-state index contributed by atoms with van der Waals surface area (Å²) in [6.07, 6.45) is 8.98. The first-order valence-corrected chi connectivity index (χ1v) is 14.1. The monoisotopic (exact) mass is 656 g/mol. The highest BCUT2D eigenvalue weighted by Gasteiger charge is 2.45. The molecule has 18 heteroatoms. The average molecular weight is 657 g/mol. The van der Waals surface area contributed by atoms with E-state index in [9.17, 15) is 0 Å². The second-order valence-corrected chi connectivity index (χ2v) is 10.3. The number of hydrogen-bond acceptors (Lipinski definition) is 10. The van der Waals surface area contributed by atoms with E-state index in [1.165, 1.54) is 0 Å². The number of halogens is 2. The molecule has 5 rings (SSSR count). The lowest BCUT2D eigenvalue weighted by Gasteiger charge is -2.30. The number of para-hydroxylation sites is 1. The van der Waals surface area contributed by atoms with Crippen LogP contribution in [0, 0.1) is 20.2 Å². The summed E-state index contributed by atoms with van der Waals surface area (Å²) in [6.45, 7) is 1.03. The molecule has 2 aromatic heterocycles. The number of ether oxygens (including phenoxy) is 3. The molecule has 1 aliphatic rings. The Morgan fingerprint density at radius 2 is 1.88 bits per heavy atom. The zero-order chi connectivity index (χ0) is 31.6. The van der Waals surface area contributed by atoms with Gasteiger partial charge in [0.15, 0.2) is 5.16 Å². The van der Waals surface area contributed by atoms with E-state index in [1.54, 1.807) is 36.4 Å². The highest BCUT2D eigenvalue weighted by molar-refractivity contribution is 7.98. The Kier molecular flexibility index (Phi) is 12.0. The maximum Gasteiger partial charge on any atom is 0.291 e. The van der Waals surface area contributed by atoms with Crippen LogP contribution in [0.25, 0.3) is 11.3 Å². The van der Waals surface area contributed by atoms with Gasteiger partial charge in [0.25, 0.3) is 10.2 Å². The highest BCUT2D eigenvalue weighted by Crippen LogP contribution is 2.41. The molecule has 2 aromatic carbocycles. The SMILES string of the molecule is CSc1nc(-c2ccccc2OCC2COC(Cn3ccnc3)(c3ccc(Cl)cc3Cl)O2)cn1C.O=[N+]([O-])O.O=[N+]([O-])O. The van der Waals surface area contributed by atoms with Crippen LogP contribution in [0.5, 0.6) is 5.75 Å². The van der Waals surface area contributed by atoms with Gasteiger partial charge >= 0.3 is 0 Å². The topological polar surface area (TPSA) is 190 Å². The maximum atomic E-state index is 8.36. The Hall–Kier alpha value is -4.09. The molecule has 1 saturated heterocycles. The van der Waals surface area contributed by atoms with E-state index in [4.69, 9.17) is 73.0 Å². The normalized spacial score (nSPS) is 17.3. The predicted octanol–water partition coefficient (Wildman–Crippen LogP) is 4.96. The van der Waals surface area contributed by atoms with E-state index in [1.807, 2.05) is 65.2 Å². The molecular weight excluding hydrogens is 631 g/mol. The summed E-state index contributed by atoms with van der Waals surface area (Å²) < 4.78 is 22.9. The first-order valence-electron chi connectivity index (χ1n) is 12.1. The molecule has 1 fully saturated rings. The molecule has 2 atom stereocenters. The maximum absolute atomic E-state index is 8.36. The number of hydrogen-bond donors (Lipinski definition) is 2. The van der Waals surface area contributed by atoms with E-state index >= 15 is 0 Å². The third kappa shape index (κ3) is 9.45. The third-order valence-electron chi connectivity index (χ3n) is 5.75. The molecule has 0 bridgehead atoms. The van der Waals surface area contributed by atoms with Crippen molar-refractivity contribution in [2.24, 2.45) is 7.05 Å². The van der Waals surface area contributed by atoms with Gasteiger partial charge in [-0.25, -0.2) is 9.97 Å². The van der Waals surface area contributed by atoms with Gasteiger partial charge in [0.2, 0.25) is 5.79 Å². The minimum absolute atomic E-state index is 0.302. The second-order valence-electron chi connectivity index (χ2n) is 8.67. The zero-order valence-electron chi connectivity index (χ0n) is 22.6. The number of thioether (sulfide) groups is 1. The second kappa shape index (κ2) is 15.4. The molecule has 4 aromatic rings. The summed E-state index contributed by atoms with van der Waals surface area (Å²) in [7, 11) is 1.98. The lowest BCUT2D eigenvalue weighted by molar-refractivity contribution is -0.742. The van der Waals surface area contributed by atoms with Crippen LogP contribution in [0.4, 0.5) is 0 Å². The summed E-state index contributed by atoms with van der Waals surface area (Å²) in [4.78, 5) is 25.6. The Balaban J connectivity index is 0.000000566. The molecule has 230 valence electrons. The predicted molar refractivity (Wildman–Crippen MR) is 155 cm³/mol. The van der Waals surface area contributed by atoms with Gasteiger partial charge in [-0.15, -0.1) is 20.2 Å². The molecule has 43 heavy (non-hydrogen) atoms. The molecule has 0 spiro atoms. The van der Waals surface area contributed by atoms with Gasteiger partial charge in [-0.05, 0) is 30.5 Å². The molecule has 0 amide bonds. The van der Waals surface area contributed by atoms with Gasteiger partial charge in [-0.1, -0.05) is 53.2 Å². The number of nitrogens with zero attached hydrogens (tertiary/aromatic N) is 6. The Morgan fingerprint density at radius 3 is 2.49 bits per heavy atom. The molecular formula is C25H26Cl2N6O9S. The van der Waals surface area contributed by atoms with Crippen molar-refractivity contribution in [3.05, 3.63) is 103 Å². The van der Waals surface area contributed by atoms with E-state index in [2.05, 4.69) is 4.98 Å². The highest BCUT2D eigenvalue weighted by atomic mass is 35.5. The third-order valence-corrected chi connectivity index (χ3v) is 7.05. The Morgan fingerprint density at radius 1 is 1.19 bits per heavy atom. The zero-order valence-corrected chi connectivity index (χ0v) is 25.0. The summed E-state index contributed by atoms with van der Waals surface area (Å²) >= 11 is 14.3. The minimum Gasteiger partial charge on any atom is -0.490 e. The lowest BCUT2D eigenvalue weighted by atomic mass is 10.1. The summed E-state index contributed by atoms with van der Waals surface area (Å²) in [5.41, 5.74) is 2.49. The summed E-state index contributed by atoms with van der Waals surface area (Å²) in [6, 6.07) is 13.2. The fourth-order valence-electron chi connectivity index (χ4n) is 4.13. The molecule has 0 aliphatic carbocycles. The average Bonchev–Trinajstić information content (AvgIpc) is 3.68. The Labute approximate surface area is 258 Å². The first kappa shape index (κ1) is 33.4. The van der Waals surface area contributed by atoms with E-state index in [0.29, 0.717) is 35.4 Å². The summed E-state index contributed by atoms with van der Waals surface area (Å²) in [5.74, 6) is -0.358. The van der Waals surface area contributed by atoms with Gasteiger partial charge in [0.1, 0.15) is 18.5 Å². The quantitative estimate of drug-likeness (QED) is 0.147. The fourth-order valence-corrected chi connectivity index (χ4v) is 5.21. The van der Waals surface area contributed by atoms with E-state index < -0.39 is 16.0 Å². The molecule has 0 radical (unpaired) electrons. The smallest absolute Gasteiger partial charge is 0.291 e. The number of aromatic nitrogens is 4. The van der Waals surface area contributed by atoms with Crippen LogP contribution >= 0.6 is 35.0 Å². The molecule has 2 unspecified atom stereocenters. The summed E-state index contributed by atoms with van der Waals surface area (Å²) in [5, 5.41) is 29.2. The van der Waals surface area contributed by atoms with Crippen LogP contribution in [0.15, 0.2) is 72.5 Å². The number of imidazole rings is 2. The van der Waals surface area contributed by atoms with Crippen LogP contribution in [-0.4, -0.2) is 65.3 Å². The van der Waals surface area contributed by atoms with Crippen LogP contribution < -0.4 is 4.74 Å². The van der Waals surface area contributed by atoms with Crippen molar-refractivity contribution in [1.29, 1.82) is 0 Å². The van der Waals surface area contributed by atoms with Crippen molar-refractivity contribution in [1.82, 2.24) is 19.1 Å². The van der Waals surface area contributed by atoms with E-state index in [0.717, 1.165) is 22.2 Å². The molecule has 15 nitrogen and oxygen atoms in total. The fraction of sp³-hybridized carbons (Fsp3) is 0.280. The van der Waals surface area contributed by atoms with E-state index in [-0.39, 0.29) is 6.10 Å². The van der Waals surface area contributed by atoms with Crippen molar-refractivity contribution in [3.8, 4) is 17.0 Å². The Bertz CT molecular complexity index is 1500. The lowest BCUT2D eigenvalue weighted by Crippen LogP contribution is -2.34. The van der Waals surface area contributed by atoms with Crippen molar-refractivity contribution < 1.29 is 34.8 Å². The largest absolute Gasteiger partial charge is 0.490 e. The van der Waals surface area contributed by atoms with Gasteiger partial charge in [-0.2, -0.15) is 0 Å². The first-order chi connectivity index (χ1) is 20.4. The number of rotatable bonds is 8. The van der Waals surface area contributed by atoms with Crippen molar-refractivity contribution in [2.45, 2.75) is 23.6 Å².